The number of piperazine rings is 1. The number of nitrogens with one attached hydrogen (secondary N) is 1. The molecule has 2 rings (SSSR count). The molecule has 1 aliphatic rings. The number of anilines is 1. The van der Waals surface area contributed by atoms with E-state index >= 15 is 0 Å². The number of rotatable bonds is 2. The van der Waals surface area contributed by atoms with Crippen LogP contribution in [0.25, 0.3) is 0 Å². The average Bonchev–Trinajstić information content (AvgIpc) is 2.31. The van der Waals surface area contributed by atoms with Gasteiger partial charge < -0.3 is 5.32 Å². The largest absolute Gasteiger partial charge is 0.343 e. The van der Waals surface area contributed by atoms with Crippen LogP contribution in [0.15, 0.2) is 22.7 Å². The molecule has 1 saturated heterocycles. The quantitative estimate of drug-likeness (QED) is 0.901. The maximum atomic E-state index is 12.5. The van der Waals surface area contributed by atoms with Crippen molar-refractivity contribution in [2.75, 3.05) is 4.90 Å². The molecule has 0 spiro atoms. The second-order valence-corrected chi connectivity index (χ2v) is 6.53. The molecule has 0 bridgehead atoms. The maximum absolute atomic E-state index is 12.5. The predicted octanol–water partition coefficient (Wildman–Crippen LogP) is 2.63. The monoisotopic (exact) mass is 338 g/mol. The minimum absolute atomic E-state index is 0.0470. The Balaban J connectivity index is 2.52. The second-order valence-electron chi connectivity index (χ2n) is 5.61. The van der Waals surface area contributed by atoms with Crippen LogP contribution >= 0.6 is 15.9 Å². The summed E-state index contributed by atoms with van der Waals surface area (Å²) >= 11 is 3.45. The first-order chi connectivity index (χ1) is 9.31. The summed E-state index contributed by atoms with van der Waals surface area (Å²) in [6.07, 6.45) is 0. The maximum Gasteiger partial charge on any atom is 0.250 e. The van der Waals surface area contributed by atoms with Crippen molar-refractivity contribution in [3.63, 3.8) is 0 Å². The van der Waals surface area contributed by atoms with Gasteiger partial charge in [0, 0.05) is 10.2 Å². The standard InChI is InChI=1S/C15H19BrN2O2/c1-8(2)13-14(19)17-10(4)15(20)18(13)12-6-9(3)5-11(16)7-12/h5-8,10,13H,1-4H3,(H,17,19). The number of hydrogen-bond acceptors (Lipinski definition) is 2. The molecule has 1 N–H and O–H groups in total. The average molecular weight is 339 g/mol. The fraction of sp³-hybridized carbons (Fsp3) is 0.467. The van der Waals surface area contributed by atoms with E-state index in [1.165, 1.54) is 0 Å². The lowest BCUT2D eigenvalue weighted by atomic mass is 9.96. The highest BCUT2D eigenvalue weighted by Gasteiger charge is 2.41. The molecule has 4 nitrogen and oxygen atoms in total. The van der Waals surface area contributed by atoms with Crippen molar-refractivity contribution in [1.29, 1.82) is 0 Å². The SMILES string of the molecule is Cc1cc(Br)cc(N2C(=O)C(C)NC(=O)C2C(C)C)c1. The molecule has 0 aliphatic carbocycles. The number of amides is 2. The van der Waals surface area contributed by atoms with Gasteiger partial charge in [0.05, 0.1) is 0 Å². The summed E-state index contributed by atoms with van der Waals surface area (Å²) < 4.78 is 0.904. The Bertz CT molecular complexity index is 537. The Labute approximate surface area is 127 Å². The first-order valence-corrected chi connectivity index (χ1v) is 7.51. The van der Waals surface area contributed by atoms with Gasteiger partial charge in [-0.05, 0) is 43.5 Å². The Morgan fingerprint density at radius 3 is 2.45 bits per heavy atom. The molecular formula is C15H19BrN2O2. The zero-order valence-electron chi connectivity index (χ0n) is 12.1. The van der Waals surface area contributed by atoms with E-state index in [1.54, 1.807) is 11.8 Å². The normalized spacial score (nSPS) is 23.2. The van der Waals surface area contributed by atoms with Crippen molar-refractivity contribution in [1.82, 2.24) is 5.32 Å². The van der Waals surface area contributed by atoms with Crippen LogP contribution in [-0.4, -0.2) is 23.9 Å². The Morgan fingerprint density at radius 2 is 1.90 bits per heavy atom. The molecule has 1 heterocycles. The van der Waals surface area contributed by atoms with E-state index < -0.39 is 12.1 Å². The molecular weight excluding hydrogens is 320 g/mol. The zero-order chi connectivity index (χ0) is 15.0. The van der Waals surface area contributed by atoms with Crippen LogP contribution in [0.3, 0.4) is 0 Å². The lowest BCUT2D eigenvalue weighted by Crippen LogP contribution is -2.64. The lowest BCUT2D eigenvalue weighted by Gasteiger charge is -2.40. The van der Waals surface area contributed by atoms with E-state index in [0.29, 0.717) is 0 Å². The van der Waals surface area contributed by atoms with E-state index in [0.717, 1.165) is 15.7 Å². The van der Waals surface area contributed by atoms with E-state index in [1.807, 2.05) is 39.0 Å². The number of hydrogen-bond donors (Lipinski definition) is 1. The van der Waals surface area contributed by atoms with Crippen LogP contribution in [0, 0.1) is 12.8 Å². The fourth-order valence-corrected chi connectivity index (χ4v) is 3.16. The van der Waals surface area contributed by atoms with Crippen LogP contribution in [-0.2, 0) is 9.59 Å². The molecule has 2 atom stereocenters. The number of benzene rings is 1. The molecule has 0 radical (unpaired) electrons. The van der Waals surface area contributed by atoms with Crippen LogP contribution in [0.2, 0.25) is 0 Å². The Morgan fingerprint density at radius 1 is 1.25 bits per heavy atom. The smallest absolute Gasteiger partial charge is 0.250 e. The minimum atomic E-state index is -0.489. The second kappa shape index (κ2) is 5.56. The zero-order valence-corrected chi connectivity index (χ0v) is 13.7. The van der Waals surface area contributed by atoms with Gasteiger partial charge in [0.25, 0.3) is 0 Å². The van der Waals surface area contributed by atoms with Crippen LogP contribution in [0.5, 0.6) is 0 Å². The van der Waals surface area contributed by atoms with Crippen molar-refractivity contribution < 1.29 is 9.59 Å². The van der Waals surface area contributed by atoms with Gasteiger partial charge in [-0.1, -0.05) is 29.8 Å². The summed E-state index contributed by atoms with van der Waals surface area (Å²) in [5.74, 6) is -0.115. The van der Waals surface area contributed by atoms with Crippen LogP contribution in [0.4, 0.5) is 5.69 Å². The molecule has 20 heavy (non-hydrogen) atoms. The van der Waals surface area contributed by atoms with Crippen molar-refractivity contribution in [3.05, 3.63) is 28.2 Å². The summed E-state index contributed by atoms with van der Waals surface area (Å²) in [7, 11) is 0. The molecule has 5 heteroatoms. The topological polar surface area (TPSA) is 49.4 Å². The summed E-state index contributed by atoms with van der Waals surface area (Å²) in [6.45, 7) is 7.59. The van der Waals surface area contributed by atoms with Crippen LogP contribution < -0.4 is 10.2 Å². The molecule has 0 saturated carbocycles. The number of aryl methyl sites for hydroxylation is 1. The van der Waals surface area contributed by atoms with Crippen molar-refractivity contribution >= 4 is 33.4 Å². The Hall–Kier alpha value is -1.36. The highest BCUT2D eigenvalue weighted by Crippen LogP contribution is 2.29. The molecule has 1 fully saturated rings. The van der Waals surface area contributed by atoms with Gasteiger partial charge >= 0.3 is 0 Å². The van der Waals surface area contributed by atoms with E-state index in [-0.39, 0.29) is 17.7 Å². The number of nitrogens with zero attached hydrogens (tertiary/aromatic N) is 1. The van der Waals surface area contributed by atoms with Gasteiger partial charge in [0.1, 0.15) is 12.1 Å². The first kappa shape index (κ1) is 15.0. The Kier molecular flexibility index (Phi) is 4.18. The molecule has 2 unspecified atom stereocenters. The highest BCUT2D eigenvalue weighted by atomic mass is 79.9. The third kappa shape index (κ3) is 2.73. The molecule has 1 aromatic carbocycles. The van der Waals surface area contributed by atoms with Gasteiger partial charge in [-0.2, -0.15) is 0 Å². The molecule has 0 aromatic heterocycles. The molecule has 2 amide bonds. The predicted molar refractivity (Wildman–Crippen MR) is 82.6 cm³/mol. The third-order valence-electron chi connectivity index (χ3n) is 3.45. The molecule has 108 valence electrons. The van der Waals surface area contributed by atoms with E-state index in [2.05, 4.69) is 21.2 Å². The summed E-state index contributed by atoms with van der Waals surface area (Å²) in [5.41, 5.74) is 1.81. The highest BCUT2D eigenvalue weighted by molar-refractivity contribution is 9.10. The summed E-state index contributed by atoms with van der Waals surface area (Å²) in [5, 5.41) is 2.75. The van der Waals surface area contributed by atoms with E-state index in [9.17, 15) is 9.59 Å². The lowest BCUT2D eigenvalue weighted by molar-refractivity contribution is -0.134. The number of halogens is 1. The molecule has 1 aliphatic heterocycles. The van der Waals surface area contributed by atoms with Gasteiger partial charge in [0.2, 0.25) is 11.8 Å². The van der Waals surface area contributed by atoms with Gasteiger partial charge in [0.15, 0.2) is 0 Å². The van der Waals surface area contributed by atoms with Crippen LogP contribution in [0.1, 0.15) is 26.3 Å². The summed E-state index contributed by atoms with van der Waals surface area (Å²) in [4.78, 5) is 26.4. The summed E-state index contributed by atoms with van der Waals surface area (Å²) in [6, 6.07) is 4.84. The van der Waals surface area contributed by atoms with Gasteiger partial charge in [-0.3, -0.25) is 14.5 Å². The van der Waals surface area contributed by atoms with Gasteiger partial charge in [-0.25, -0.2) is 0 Å². The van der Waals surface area contributed by atoms with E-state index in [4.69, 9.17) is 0 Å². The number of carbonyl (C=O) groups excluding carboxylic acids is 2. The van der Waals surface area contributed by atoms with Crippen molar-refractivity contribution in [2.45, 2.75) is 39.8 Å². The first-order valence-electron chi connectivity index (χ1n) is 6.72. The van der Waals surface area contributed by atoms with Gasteiger partial charge in [-0.15, -0.1) is 0 Å². The van der Waals surface area contributed by atoms with Crippen molar-refractivity contribution in [2.24, 2.45) is 5.92 Å². The number of carbonyl (C=O) groups is 2. The third-order valence-corrected chi connectivity index (χ3v) is 3.91. The fourth-order valence-electron chi connectivity index (χ4n) is 2.57. The van der Waals surface area contributed by atoms with Crippen molar-refractivity contribution in [3.8, 4) is 0 Å². The molecule has 1 aromatic rings. The minimum Gasteiger partial charge on any atom is -0.343 e.